The zero-order valence-corrected chi connectivity index (χ0v) is 14.5. The van der Waals surface area contributed by atoms with Crippen LogP contribution >= 0.6 is 0 Å². The van der Waals surface area contributed by atoms with Crippen LogP contribution in [-0.2, 0) is 14.6 Å². The second-order valence-electron chi connectivity index (χ2n) is 6.74. The van der Waals surface area contributed by atoms with Gasteiger partial charge in [0.05, 0.1) is 11.9 Å². The number of nitrogens with zero attached hydrogens (tertiary/aromatic N) is 3. The molecule has 1 aromatic rings. The summed E-state index contributed by atoms with van der Waals surface area (Å²) in [7, 11) is -3.43. The van der Waals surface area contributed by atoms with Crippen molar-refractivity contribution in [3.8, 4) is 0 Å². The second-order valence-corrected chi connectivity index (χ2v) is 8.72. The lowest BCUT2D eigenvalue weighted by molar-refractivity contribution is 0.0191. The summed E-state index contributed by atoms with van der Waals surface area (Å²) in [6.07, 6.45) is 5.02. The number of ether oxygens (including phenoxy) is 1. The number of sulfone groups is 1. The molecule has 0 atom stereocenters. The van der Waals surface area contributed by atoms with Crippen LogP contribution in [0, 0.1) is 5.92 Å². The van der Waals surface area contributed by atoms with Crippen LogP contribution in [-0.4, -0.2) is 53.8 Å². The molecule has 128 valence electrons. The van der Waals surface area contributed by atoms with Gasteiger partial charge in [0.25, 0.3) is 0 Å². The fourth-order valence-electron chi connectivity index (χ4n) is 2.45. The molecule has 0 saturated carbocycles. The molecule has 8 heteroatoms. The van der Waals surface area contributed by atoms with Gasteiger partial charge in [0.15, 0.2) is 14.9 Å². The smallest absolute Gasteiger partial charge is 0.410 e. The second kappa shape index (κ2) is 6.82. The number of carbonyl (C=O) groups is 1. The van der Waals surface area contributed by atoms with Crippen molar-refractivity contribution in [2.24, 2.45) is 5.92 Å². The highest BCUT2D eigenvalue weighted by Gasteiger charge is 2.30. The fraction of sp³-hybridized carbons (Fsp3) is 0.667. The summed E-state index contributed by atoms with van der Waals surface area (Å²) in [5.41, 5.74) is -0.525. The average Bonchev–Trinajstić information content (AvgIpc) is 2.47. The Morgan fingerprint density at radius 2 is 1.96 bits per heavy atom. The van der Waals surface area contributed by atoms with E-state index in [0.717, 1.165) is 0 Å². The van der Waals surface area contributed by atoms with Crippen molar-refractivity contribution in [3.63, 3.8) is 0 Å². The van der Waals surface area contributed by atoms with Crippen molar-refractivity contribution in [1.82, 2.24) is 14.9 Å². The summed E-state index contributed by atoms with van der Waals surface area (Å²) < 4.78 is 29.9. The third-order valence-electron chi connectivity index (χ3n) is 3.58. The van der Waals surface area contributed by atoms with Crippen molar-refractivity contribution in [2.45, 2.75) is 44.2 Å². The molecule has 0 N–H and O–H groups in total. The normalized spacial score (nSPS) is 17.1. The number of hydrogen-bond donors (Lipinski definition) is 0. The van der Waals surface area contributed by atoms with E-state index in [1.165, 1.54) is 18.6 Å². The summed E-state index contributed by atoms with van der Waals surface area (Å²) in [4.78, 5) is 21.3. The highest BCUT2D eigenvalue weighted by atomic mass is 32.2. The molecule has 2 rings (SSSR count). The minimum atomic E-state index is -3.43. The van der Waals surface area contributed by atoms with Gasteiger partial charge in [0.2, 0.25) is 0 Å². The molecule has 0 aliphatic carbocycles. The topological polar surface area (TPSA) is 89.5 Å². The maximum absolute atomic E-state index is 12.3. The number of amides is 1. The van der Waals surface area contributed by atoms with E-state index in [-0.39, 0.29) is 22.8 Å². The van der Waals surface area contributed by atoms with Gasteiger partial charge in [-0.1, -0.05) is 0 Å². The SMILES string of the molecule is CC(C)(C)OC(=O)N1CCC(CS(=O)(=O)c2cnccn2)CC1. The molecule has 1 aromatic heterocycles. The molecule has 23 heavy (non-hydrogen) atoms. The molecule has 0 radical (unpaired) electrons. The summed E-state index contributed by atoms with van der Waals surface area (Å²) in [6.45, 7) is 6.49. The van der Waals surface area contributed by atoms with E-state index in [2.05, 4.69) is 9.97 Å². The predicted molar refractivity (Wildman–Crippen MR) is 84.6 cm³/mol. The standard InChI is InChI=1S/C15H23N3O4S/c1-15(2,3)22-14(19)18-8-4-12(5-9-18)11-23(20,21)13-10-16-6-7-17-13/h6-7,10,12H,4-5,8-9,11H2,1-3H3. The van der Waals surface area contributed by atoms with E-state index in [9.17, 15) is 13.2 Å². The van der Waals surface area contributed by atoms with Crippen molar-refractivity contribution < 1.29 is 17.9 Å². The first-order valence-electron chi connectivity index (χ1n) is 7.64. The van der Waals surface area contributed by atoms with Crippen LogP contribution in [0.15, 0.2) is 23.6 Å². The van der Waals surface area contributed by atoms with E-state index < -0.39 is 15.4 Å². The van der Waals surface area contributed by atoms with Crippen molar-refractivity contribution in [2.75, 3.05) is 18.8 Å². The third kappa shape index (κ3) is 5.16. The van der Waals surface area contributed by atoms with Gasteiger partial charge in [-0.3, -0.25) is 4.98 Å². The maximum Gasteiger partial charge on any atom is 0.410 e. The zero-order chi connectivity index (χ0) is 17.1. The number of carbonyl (C=O) groups excluding carboxylic acids is 1. The van der Waals surface area contributed by atoms with Crippen LogP contribution in [0.2, 0.25) is 0 Å². The van der Waals surface area contributed by atoms with Gasteiger partial charge < -0.3 is 9.64 Å². The lowest BCUT2D eigenvalue weighted by Gasteiger charge is -2.33. The molecule has 0 unspecified atom stereocenters. The summed E-state index contributed by atoms with van der Waals surface area (Å²) in [5.74, 6) is 0.0501. The molecule has 0 spiro atoms. The fourth-order valence-corrected chi connectivity index (χ4v) is 4.02. The van der Waals surface area contributed by atoms with Crippen molar-refractivity contribution in [1.29, 1.82) is 0 Å². The molecule has 0 bridgehead atoms. The quantitative estimate of drug-likeness (QED) is 0.834. The Balaban J connectivity index is 1.89. The monoisotopic (exact) mass is 341 g/mol. The number of rotatable bonds is 3. The highest BCUT2D eigenvalue weighted by molar-refractivity contribution is 7.91. The largest absolute Gasteiger partial charge is 0.444 e. The van der Waals surface area contributed by atoms with Gasteiger partial charge in [-0.15, -0.1) is 0 Å². The Morgan fingerprint density at radius 3 is 2.48 bits per heavy atom. The Hall–Kier alpha value is -1.70. The molecule has 1 aliphatic rings. The van der Waals surface area contributed by atoms with Crippen LogP contribution in [0.5, 0.6) is 0 Å². The van der Waals surface area contributed by atoms with Crippen LogP contribution in [0.3, 0.4) is 0 Å². The highest BCUT2D eigenvalue weighted by Crippen LogP contribution is 2.23. The molecule has 2 heterocycles. The first-order chi connectivity index (χ1) is 10.7. The molecule has 1 fully saturated rings. The molecule has 7 nitrogen and oxygen atoms in total. The van der Waals surface area contributed by atoms with E-state index in [1.54, 1.807) is 4.90 Å². The molecule has 1 aliphatic heterocycles. The molecule has 0 aromatic carbocycles. The van der Waals surface area contributed by atoms with E-state index in [0.29, 0.717) is 25.9 Å². The van der Waals surface area contributed by atoms with Gasteiger partial charge in [0.1, 0.15) is 5.60 Å². The van der Waals surface area contributed by atoms with E-state index >= 15 is 0 Å². The Kier molecular flexibility index (Phi) is 5.23. The van der Waals surface area contributed by atoms with E-state index in [1.807, 2.05) is 20.8 Å². The Morgan fingerprint density at radius 1 is 1.30 bits per heavy atom. The van der Waals surface area contributed by atoms with Crippen LogP contribution < -0.4 is 0 Å². The maximum atomic E-state index is 12.3. The molecular formula is C15H23N3O4S. The minimum Gasteiger partial charge on any atom is -0.444 e. The van der Waals surface area contributed by atoms with Gasteiger partial charge in [0, 0.05) is 25.5 Å². The van der Waals surface area contributed by atoms with Crippen LogP contribution in [0.1, 0.15) is 33.6 Å². The van der Waals surface area contributed by atoms with Gasteiger partial charge in [-0.05, 0) is 39.5 Å². The predicted octanol–water partition coefficient (Wildman–Crippen LogP) is 1.90. The number of hydrogen-bond acceptors (Lipinski definition) is 6. The Labute approximate surface area is 137 Å². The van der Waals surface area contributed by atoms with Crippen LogP contribution in [0.4, 0.5) is 4.79 Å². The lowest BCUT2D eigenvalue weighted by atomic mass is 9.99. The average molecular weight is 341 g/mol. The molecular weight excluding hydrogens is 318 g/mol. The molecule has 1 amide bonds. The summed E-state index contributed by atoms with van der Waals surface area (Å²) >= 11 is 0. The molecule has 1 saturated heterocycles. The third-order valence-corrected chi connectivity index (χ3v) is 5.34. The number of likely N-dealkylation sites (tertiary alicyclic amines) is 1. The summed E-state index contributed by atoms with van der Waals surface area (Å²) in [6, 6.07) is 0. The van der Waals surface area contributed by atoms with Crippen LogP contribution in [0.25, 0.3) is 0 Å². The van der Waals surface area contributed by atoms with E-state index in [4.69, 9.17) is 4.74 Å². The lowest BCUT2D eigenvalue weighted by Crippen LogP contribution is -2.42. The van der Waals surface area contributed by atoms with Gasteiger partial charge in [-0.25, -0.2) is 18.2 Å². The van der Waals surface area contributed by atoms with Crippen molar-refractivity contribution >= 4 is 15.9 Å². The summed E-state index contributed by atoms with van der Waals surface area (Å²) in [5, 5.41) is 0.00886. The zero-order valence-electron chi connectivity index (χ0n) is 13.7. The number of piperidine rings is 1. The van der Waals surface area contributed by atoms with Gasteiger partial charge in [-0.2, -0.15) is 0 Å². The van der Waals surface area contributed by atoms with Crippen molar-refractivity contribution in [3.05, 3.63) is 18.6 Å². The van der Waals surface area contributed by atoms with Gasteiger partial charge >= 0.3 is 6.09 Å². The Bertz CT molecular complexity index is 632. The first kappa shape index (κ1) is 17.7. The number of aromatic nitrogens is 2. The first-order valence-corrected chi connectivity index (χ1v) is 9.29. The minimum absolute atomic E-state index is 0.00886.